The van der Waals surface area contributed by atoms with E-state index in [0.29, 0.717) is 0 Å². The van der Waals surface area contributed by atoms with Crippen LogP contribution in [0.15, 0.2) is 36.5 Å². The van der Waals surface area contributed by atoms with Gasteiger partial charge in [0.25, 0.3) is 0 Å². The van der Waals surface area contributed by atoms with E-state index in [2.05, 4.69) is 4.98 Å². The molecule has 78 valence electrons. The SMILES string of the molecule is C[C@H](O)[C@@H](N)c1ccnc2ccccc12. The molecule has 0 bridgehead atoms. The quantitative estimate of drug-likeness (QED) is 0.778. The highest BCUT2D eigenvalue weighted by atomic mass is 16.3. The number of aliphatic hydroxyl groups is 1. The second kappa shape index (κ2) is 3.96. The van der Waals surface area contributed by atoms with Gasteiger partial charge in [-0.15, -0.1) is 0 Å². The van der Waals surface area contributed by atoms with E-state index in [1.165, 1.54) is 0 Å². The lowest BCUT2D eigenvalue weighted by molar-refractivity contribution is 0.165. The van der Waals surface area contributed by atoms with Crippen molar-refractivity contribution >= 4 is 10.9 Å². The highest BCUT2D eigenvalue weighted by Gasteiger charge is 2.14. The average Bonchev–Trinajstić information content (AvgIpc) is 2.27. The van der Waals surface area contributed by atoms with Gasteiger partial charge in [-0.3, -0.25) is 4.98 Å². The van der Waals surface area contributed by atoms with Crippen LogP contribution in [0.2, 0.25) is 0 Å². The van der Waals surface area contributed by atoms with Gasteiger partial charge in [0, 0.05) is 11.6 Å². The Hall–Kier alpha value is -1.45. The number of benzene rings is 1. The standard InChI is InChI=1S/C12H14N2O/c1-8(15)12(13)10-6-7-14-11-5-3-2-4-9(10)11/h2-8,12,15H,13H2,1H3/t8-,12+/m0/s1. The highest BCUT2D eigenvalue weighted by Crippen LogP contribution is 2.22. The minimum absolute atomic E-state index is 0.363. The third kappa shape index (κ3) is 1.84. The van der Waals surface area contributed by atoms with Crippen molar-refractivity contribution in [1.29, 1.82) is 0 Å². The first-order chi connectivity index (χ1) is 7.20. The van der Waals surface area contributed by atoms with E-state index in [1.54, 1.807) is 13.1 Å². The van der Waals surface area contributed by atoms with Crippen LogP contribution in [0.25, 0.3) is 10.9 Å². The van der Waals surface area contributed by atoms with Gasteiger partial charge in [-0.2, -0.15) is 0 Å². The van der Waals surface area contributed by atoms with E-state index < -0.39 is 6.10 Å². The van der Waals surface area contributed by atoms with Crippen LogP contribution in [-0.2, 0) is 0 Å². The summed E-state index contributed by atoms with van der Waals surface area (Å²) in [6.07, 6.45) is 1.16. The zero-order valence-electron chi connectivity index (χ0n) is 8.59. The number of para-hydroxylation sites is 1. The Kier molecular flexibility index (Phi) is 2.66. The summed E-state index contributed by atoms with van der Waals surface area (Å²) in [4.78, 5) is 4.25. The molecule has 3 nitrogen and oxygen atoms in total. The van der Waals surface area contributed by atoms with E-state index >= 15 is 0 Å². The second-order valence-corrected chi connectivity index (χ2v) is 3.68. The zero-order valence-corrected chi connectivity index (χ0v) is 8.59. The fourth-order valence-electron chi connectivity index (χ4n) is 1.67. The molecule has 0 amide bonds. The molecule has 1 aromatic carbocycles. The molecule has 3 heteroatoms. The van der Waals surface area contributed by atoms with Crippen LogP contribution in [0.1, 0.15) is 18.5 Å². The summed E-state index contributed by atoms with van der Waals surface area (Å²) in [5.41, 5.74) is 7.77. The van der Waals surface area contributed by atoms with Gasteiger partial charge in [-0.1, -0.05) is 18.2 Å². The van der Waals surface area contributed by atoms with Crippen molar-refractivity contribution in [2.45, 2.75) is 19.1 Å². The highest BCUT2D eigenvalue weighted by molar-refractivity contribution is 5.82. The molecule has 0 aliphatic rings. The third-order valence-corrected chi connectivity index (χ3v) is 2.56. The average molecular weight is 202 g/mol. The van der Waals surface area contributed by atoms with Crippen LogP contribution in [0.5, 0.6) is 0 Å². The van der Waals surface area contributed by atoms with Crippen molar-refractivity contribution in [3.05, 3.63) is 42.1 Å². The van der Waals surface area contributed by atoms with Crippen LogP contribution in [-0.4, -0.2) is 16.2 Å². The summed E-state index contributed by atoms with van der Waals surface area (Å²) >= 11 is 0. The molecule has 0 fully saturated rings. The maximum atomic E-state index is 9.49. The first-order valence-corrected chi connectivity index (χ1v) is 4.97. The summed E-state index contributed by atoms with van der Waals surface area (Å²) in [5, 5.41) is 10.5. The van der Waals surface area contributed by atoms with Crippen molar-refractivity contribution < 1.29 is 5.11 Å². The van der Waals surface area contributed by atoms with Crippen molar-refractivity contribution in [2.75, 3.05) is 0 Å². The van der Waals surface area contributed by atoms with Gasteiger partial charge in [0.2, 0.25) is 0 Å². The number of nitrogens with zero attached hydrogens (tertiary/aromatic N) is 1. The molecule has 15 heavy (non-hydrogen) atoms. The Morgan fingerprint density at radius 1 is 1.27 bits per heavy atom. The van der Waals surface area contributed by atoms with E-state index in [4.69, 9.17) is 5.73 Å². The first-order valence-electron chi connectivity index (χ1n) is 4.97. The lowest BCUT2D eigenvalue weighted by Crippen LogP contribution is -2.23. The first kappa shape index (κ1) is 10.1. The Morgan fingerprint density at radius 3 is 2.73 bits per heavy atom. The lowest BCUT2D eigenvalue weighted by atomic mass is 9.99. The molecule has 0 radical (unpaired) electrons. The van der Waals surface area contributed by atoms with Gasteiger partial charge in [0.05, 0.1) is 17.7 Å². The van der Waals surface area contributed by atoms with Gasteiger partial charge in [0.15, 0.2) is 0 Å². The summed E-state index contributed by atoms with van der Waals surface area (Å²) < 4.78 is 0. The predicted molar refractivity (Wildman–Crippen MR) is 60.4 cm³/mol. The number of aliphatic hydroxyl groups excluding tert-OH is 1. The monoisotopic (exact) mass is 202 g/mol. The number of hydrogen-bond acceptors (Lipinski definition) is 3. The summed E-state index contributed by atoms with van der Waals surface area (Å²) in [6.45, 7) is 1.69. The minimum Gasteiger partial charge on any atom is -0.391 e. The molecule has 0 unspecified atom stereocenters. The summed E-state index contributed by atoms with van der Waals surface area (Å²) in [6, 6.07) is 9.29. The largest absolute Gasteiger partial charge is 0.391 e. The van der Waals surface area contributed by atoms with Crippen LogP contribution in [0.3, 0.4) is 0 Å². The molecule has 2 aromatic rings. The number of nitrogens with two attached hydrogens (primary N) is 1. The summed E-state index contributed by atoms with van der Waals surface area (Å²) in [5.74, 6) is 0. The molecular formula is C12H14N2O. The third-order valence-electron chi connectivity index (χ3n) is 2.56. The molecule has 0 saturated carbocycles. The maximum absolute atomic E-state index is 9.49. The number of rotatable bonds is 2. The summed E-state index contributed by atoms with van der Waals surface area (Å²) in [7, 11) is 0. The van der Waals surface area contributed by atoms with Crippen LogP contribution < -0.4 is 5.73 Å². The molecular weight excluding hydrogens is 188 g/mol. The predicted octanol–water partition coefficient (Wildman–Crippen LogP) is 1.62. The smallest absolute Gasteiger partial charge is 0.0705 e. The minimum atomic E-state index is -0.559. The second-order valence-electron chi connectivity index (χ2n) is 3.68. The van der Waals surface area contributed by atoms with Gasteiger partial charge < -0.3 is 10.8 Å². The van der Waals surface area contributed by atoms with E-state index in [1.807, 2.05) is 30.3 Å². The molecule has 0 aliphatic carbocycles. The molecule has 2 atom stereocenters. The van der Waals surface area contributed by atoms with Gasteiger partial charge in [0.1, 0.15) is 0 Å². The zero-order chi connectivity index (χ0) is 10.8. The Labute approximate surface area is 88.6 Å². The molecule has 0 spiro atoms. The van der Waals surface area contributed by atoms with Gasteiger partial charge >= 0.3 is 0 Å². The van der Waals surface area contributed by atoms with Gasteiger partial charge in [-0.25, -0.2) is 0 Å². The molecule has 1 aromatic heterocycles. The number of hydrogen-bond donors (Lipinski definition) is 2. The Bertz CT molecular complexity index is 463. The molecule has 1 heterocycles. The molecule has 3 N–H and O–H groups in total. The van der Waals surface area contributed by atoms with Crippen molar-refractivity contribution in [3.8, 4) is 0 Å². The number of pyridine rings is 1. The van der Waals surface area contributed by atoms with E-state index in [-0.39, 0.29) is 6.04 Å². The maximum Gasteiger partial charge on any atom is 0.0705 e. The Balaban J connectivity index is 2.60. The van der Waals surface area contributed by atoms with Crippen molar-refractivity contribution in [3.63, 3.8) is 0 Å². The van der Waals surface area contributed by atoms with Crippen molar-refractivity contribution in [2.24, 2.45) is 5.73 Å². The normalized spacial score (nSPS) is 15.1. The van der Waals surface area contributed by atoms with Gasteiger partial charge in [-0.05, 0) is 24.6 Å². The van der Waals surface area contributed by atoms with Crippen molar-refractivity contribution in [1.82, 2.24) is 4.98 Å². The Morgan fingerprint density at radius 2 is 2.00 bits per heavy atom. The fraction of sp³-hybridized carbons (Fsp3) is 0.250. The number of fused-ring (bicyclic) bond motifs is 1. The van der Waals surface area contributed by atoms with E-state index in [9.17, 15) is 5.11 Å². The number of aromatic nitrogens is 1. The molecule has 2 rings (SSSR count). The van der Waals surface area contributed by atoms with Crippen LogP contribution in [0, 0.1) is 0 Å². The fourth-order valence-corrected chi connectivity index (χ4v) is 1.67. The molecule has 0 aliphatic heterocycles. The van der Waals surface area contributed by atoms with E-state index in [0.717, 1.165) is 16.5 Å². The topological polar surface area (TPSA) is 59.1 Å². The lowest BCUT2D eigenvalue weighted by Gasteiger charge is -2.16. The van der Waals surface area contributed by atoms with Crippen LogP contribution >= 0.6 is 0 Å². The van der Waals surface area contributed by atoms with Crippen LogP contribution in [0.4, 0.5) is 0 Å². The molecule has 0 saturated heterocycles.